The second-order valence-corrected chi connectivity index (χ2v) is 5.03. The van der Waals surface area contributed by atoms with Crippen molar-refractivity contribution in [2.45, 2.75) is 32.9 Å². The summed E-state index contributed by atoms with van der Waals surface area (Å²) >= 11 is 0. The van der Waals surface area contributed by atoms with Gasteiger partial charge in [0.2, 0.25) is 0 Å². The van der Waals surface area contributed by atoms with Crippen LogP contribution in [0.4, 0.5) is 5.82 Å². The van der Waals surface area contributed by atoms with Crippen molar-refractivity contribution >= 4 is 5.82 Å². The lowest BCUT2D eigenvalue weighted by Crippen LogP contribution is -2.23. The van der Waals surface area contributed by atoms with Gasteiger partial charge in [0.1, 0.15) is 11.6 Å². The van der Waals surface area contributed by atoms with Crippen LogP contribution in [0, 0.1) is 6.92 Å². The highest BCUT2D eigenvalue weighted by Gasteiger charge is 2.12. The van der Waals surface area contributed by atoms with Crippen LogP contribution >= 0.6 is 0 Å². The van der Waals surface area contributed by atoms with Gasteiger partial charge in [-0.15, -0.1) is 0 Å². The lowest BCUT2D eigenvalue weighted by atomic mass is 10.1. The summed E-state index contributed by atoms with van der Waals surface area (Å²) in [6.45, 7) is 4.77. The maximum Gasteiger partial charge on any atom is 0.131 e. The highest BCUT2D eigenvalue weighted by Crippen LogP contribution is 2.20. The largest absolute Gasteiger partial charge is 0.469 e. The molecule has 4 nitrogen and oxygen atoms in total. The predicted molar refractivity (Wildman–Crippen MR) is 77.1 cm³/mol. The zero-order valence-electron chi connectivity index (χ0n) is 11.8. The van der Waals surface area contributed by atoms with Gasteiger partial charge in [-0.1, -0.05) is 6.07 Å². The molecule has 0 spiro atoms. The molecule has 2 N–H and O–H groups in total. The summed E-state index contributed by atoms with van der Waals surface area (Å²) in [5.74, 6) is 1.94. The van der Waals surface area contributed by atoms with Gasteiger partial charge in [0.15, 0.2) is 0 Å². The summed E-state index contributed by atoms with van der Waals surface area (Å²) in [4.78, 5) is 6.62. The van der Waals surface area contributed by atoms with E-state index in [1.807, 2.05) is 39.2 Å². The molecular formula is C15H21N3O. The number of aryl methyl sites for hydroxylation is 1. The van der Waals surface area contributed by atoms with Crippen molar-refractivity contribution in [1.29, 1.82) is 0 Å². The maximum atomic E-state index is 5.89. The lowest BCUT2D eigenvalue weighted by molar-refractivity contribution is 0.529. The first-order valence-electron chi connectivity index (χ1n) is 6.51. The van der Waals surface area contributed by atoms with Gasteiger partial charge in [0.05, 0.1) is 6.26 Å². The second-order valence-electron chi connectivity index (χ2n) is 5.03. The van der Waals surface area contributed by atoms with E-state index in [4.69, 9.17) is 10.2 Å². The standard InChI is InChI=1S/C15H21N3O/c1-11(16)9-13-5-4-7-17-15(13)18(3)10-14-6-8-19-12(14)2/h4-8,11H,9-10,16H2,1-3H3. The van der Waals surface area contributed by atoms with E-state index in [0.29, 0.717) is 0 Å². The Morgan fingerprint density at radius 1 is 1.37 bits per heavy atom. The number of hydrogen-bond acceptors (Lipinski definition) is 4. The third-order valence-electron chi connectivity index (χ3n) is 3.14. The average molecular weight is 259 g/mol. The fraction of sp³-hybridized carbons (Fsp3) is 0.400. The van der Waals surface area contributed by atoms with Crippen molar-refractivity contribution < 1.29 is 4.42 Å². The fourth-order valence-electron chi connectivity index (χ4n) is 2.19. The number of nitrogens with zero attached hydrogens (tertiary/aromatic N) is 2. The quantitative estimate of drug-likeness (QED) is 0.896. The topological polar surface area (TPSA) is 55.3 Å². The highest BCUT2D eigenvalue weighted by molar-refractivity contribution is 5.47. The number of rotatable bonds is 5. The molecule has 0 aromatic carbocycles. The minimum atomic E-state index is 0.131. The van der Waals surface area contributed by atoms with Gasteiger partial charge in [-0.3, -0.25) is 0 Å². The smallest absolute Gasteiger partial charge is 0.131 e. The summed E-state index contributed by atoms with van der Waals surface area (Å²) in [6.07, 6.45) is 4.37. The molecule has 1 unspecified atom stereocenters. The van der Waals surface area contributed by atoms with E-state index in [9.17, 15) is 0 Å². The van der Waals surface area contributed by atoms with Crippen molar-refractivity contribution in [2.75, 3.05) is 11.9 Å². The molecule has 19 heavy (non-hydrogen) atoms. The van der Waals surface area contributed by atoms with Crippen LogP contribution in [0.3, 0.4) is 0 Å². The van der Waals surface area contributed by atoms with Gasteiger partial charge >= 0.3 is 0 Å². The van der Waals surface area contributed by atoms with Gasteiger partial charge < -0.3 is 15.1 Å². The summed E-state index contributed by atoms with van der Waals surface area (Å²) in [5, 5.41) is 0. The molecule has 0 aliphatic rings. The van der Waals surface area contributed by atoms with E-state index >= 15 is 0 Å². The normalized spacial score (nSPS) is 12.4. The molecule has 0 bridgehead atoms. The zero-order chi connectivity index (χ0) is 13.8. The Morgan fingerprint density at radius 2 is 2.16 bits per heavy atom. The third-order valence-corrected chi connectivity index (χ3v) is 3.14. The third kappa shape index (κ3) is 3.35. The predicted octanol–water partition coefficient (Wildman–Crippen LogP) is 2.51. The molecule has 0 radical (unpaired) electrons. The van der Waals surface area contributed by atoms with Crippen LogP contribution in [0.2, 0.25) is 0 Å². The first-order valence-corrected chi connectivity index (χ1v) is 6.51. The first kappa shape index (κ1) is 13.6. The first-order chi connectivity index (χ1) is 9.08. The molecule has 0 amide bonds. The van der Waals surface area contributed by atoms with Crippen LogP contribution in [0.5, 0.6) is 0 Å². The van der Waals surface area contributed by atoms with E-state index in [1.54, 1.807) is 6.26 Å². The van der Waals surface area contributed by atoms with Crippen LogP contribution < -0.4 is 10.6 Å². The van der Waals surface area contributed by atoms with Crippen LogP contribution in [0.25, 0.3) is 0 Å². The van der Waals surface area contributed by atoms with E-state index < -0.39 is 0 Å². The van der Waals surface area contributed by atoms with Gasteiger partial charge in [-0.2, -0.15) is 0 Å². The van der Waals surface area contributed by atoms with Crippen molar-refractivity contribution in [3.8, 4) is 0 Å². The van der Waals surface area contributed by atoms with Gasteiger partial charge in [0, 0.05) is 31.4 Å². The number of nitrogens with two attached hydrogens (primary N) is 1. The molecule has 1 atom stereocenters. The number of anilines is 1. The summed E-state index contributed by atoms with van der Waals surface area (Å²) in [6, 6.07) is 6.18. The molecule has 2 heterocycles. The summed E-state index contributed by atoms with van der Waals surface area (Å²) in [7, 11) is 2.04. The van der Waals surface area contributed by atoms with Crippen molar-refractivity contribution in [3.05, 3.63) is 47.5 Å². The Kier molecular flexibility index (Phi) is 4.22. The van der Waals surface area contributed by atoms with Crippen LogP contribution in [0.1, 0.15) is 23.8 Å². The Hall–Kier alpha value is -1.81. The van der Waals surface area contributed by atoms with Crippen molar-refractivity contribution in [2.24, 2.45) is 5.73 Å². The van der Waals surface area contributed by atoms with Gasteiger partial charge in [-0.25, -0.2) is 4.98 Å². The maximum absolute atomic E-state index is 5.89. The van der Waals surface area contributed by atoms with Gasteiger partial charge in [-0.05, 0) is 38.0 Å². The molecule has 2 aromatic rings. The summed E-state index contributed by atoms with van der Waals surface area (Å²) in [5.41, 5.74) is 8.25. The average Bonchev–Trinajstić information content (AvgIpc) is 2.75. The Balaban J connectivity index is 2.19. The van der Waals surface area contributed by atoms with E-state index in [2.05, 4.69) is 16.0 Å². The minimum absolute atomic E-state index is 0.131. The molecule has 102 valence electrons. The summed E-state index contributed by atoms with van der Waals surface area (Å²) < 4.78 is 5.33. The number of pyridine rings is 1. The van der Waals surface area contributed by atoms with E-state index in [1.165, 1.54) is 11.1 Å². The molecule has 0 fully saturated rings. The Bertz CT molecular complexity index is 534. The molecule has 0 saturated heterocycles. The fourth-order valence-corrected chi connectivity index (χ4v) is 2.19. The molecule has 0 aliphatic heterocycles. The SMILES string of the molecule is Cc1occc1CN(C)c1ncccc1CC(C)N. The van der Waals surface area contributed by atoms with E-state index in [-0.39, 0.29) is 6.04 Å². The Labute approximate surface area is 114 Å². The monoisotopic (exact) mass is 259 g/mol. The van der Waals surface area contributed by atoms with E-state index in [0.717, 1.165) is 24.5 Å². The minimum Gasteiger partial charge on any atom is -0.469 e. The zero-order valence-corrected chi connectivity index (χ0v) is 11.8. The highest BCUT2D eigenvalue weighted by atomic mass is 16.3. The molecule has 4 heteroatoms. The second kappa shape index (κ2) is 5.89. The molecule has 0 saturated carbocycles. The van der Waals surface area contributed by atoms with Gasteiger partial charge in [0.25, 0.3) is 0 Å². The molecule has 2 rings (SSSR count). The molecule has 2 aromatic heterocycles. The van der Waals surface area contributed by atoms with Crippen LogP contribution in [-0.4, -0.2) is 18.1 Å². The number of hydrogen-bond donors (Lipinski definition) is 1. The number of aromatic nitrogens is 1. The van der Waals surface area contributed by atoms with Crippen molar-refractivity contribution in [1.82, 2.24) is 4.98 Å². The lowest BCUT2D eigenvalue weighted by Gasteiger charge is -2.21. The molecule has 0 aliphatic carbocycles. The van der Waals surface area contributed by atoms with Crippen molar-refractivity contribution in [3.63, 3.8) is 0 Å². The van der Waals surface area contributed by atoms with Crippen LogP contribution in [0.15, 0.2) is 35.1 Å². The number of furan rings is 1. The van der Waals surface area contributed by atoms with Crippen LogP contribution in [-0.2, 0) is 13.0 Å². The molecular weight excluding hydrogens is 238 g/mol. The Morgan fingerprint density at radius 3 is 2.79 bits per heavy atom.